The normalized spacial score (nSPS) is 10.6. The highest BCUT2D eigenvalue weighted by molar-refractivity contribution is 5.98. The van der Waals surface area contributed by atoms with Crippen LogP contribution in [0.3, 0.4) is 0 Å². The van der Waals surface area contributed by atoms with Crippen LogP contribution < -0.4 is 4.74 Å². The van der Waals surface area contributed by atoms with Gasteiger partial charge in [-0.1, -0.05) is 30.3 Å². The molecule has 1 N–H and O–H groups in total. The molecule has 5 nitrogen and oxygen atoms in total. The number of nitrogens with zero attached hydrogens (tertiary/aromatic N) is 3. The third kappa shape index (κ3) is 1.52. The monoisotopic (exact) mass is 226 g/mol. The van der Waals surface area contributed by atoms with Gasteiger partial charge in [0.15, 0.2) is 0 Å². The minimum Gasteiger partial charge on any atom is -0.496 e. The van der Waals surface area contributed by atoms with E-state index in [0.717, 1.165) is 22.1 Å². The molecule has 3 aromatic rings. The Balaban J connectivity index is 2.39. The third-order valence-electron chi connectivity index (χ3n) is 2.68. The van der Waals surface area contributed by atoms with Crippen molar-refractivity contribution in [2.24, 2.45) is 0 Å². The van der Waals surface area contributed by atoms with Gasteiger partial charge in [0.2, 0.25) is 5.82 Å². The first kappa shape index (κ1) is 9.77. The number of rotatable bonds is 2. The fourth-order valence-electron chi connectivity index (χ4n) is 1.92. The van der Waals surface area contributed by atoms with Crippen LogP contribution in [0.25, 0.3) is 22.2 Å². The molecule has 17 heavy (non-hydrogen) atoms. The van der Waals surface area contributed by atoms with Crippen molar-refractivity contribution in [2.75, 3.05) is 7.11 Å². The fourth-order valence-corrected chi connectivity index (χ4v) is 1.92. The molecule has 1 aromatic heterocycles. The quantitative estimate of drug-likeness (QED) is 0.726. The van der Waals surface area contributed by atoms with Crippen LogP contribution in [0.2, 0.25) is 0 Å². The van der Waals surface area contributed by atoms with Crippen LogP contribution in [0.4, 0.5) is 0 Å². The zero-order chi connectivity index (χ0) is 11.7. The smallest absolute Gasteiger partial charge is 0.209 e. The predicted molar refractivity (Wildman–Crippen MR) is 63.7 cm³/mol. The van der Waals surface area contributed by atoms with E-state index in [9.17, 15) is 0 Å². The molecule has 0 saturated carbocycles. The maximum Gasteiger partial charge on any atom is 0.209 e. The predicted octanol–water partition coefficient (Wildman–Crippen LogP) is 2.03. The first-order chi connectivity index (χ1) is 8.40. The number of nitrogens with one attached hydrogen (secondary N) is 1. The molecule has 1 heterocycles. The number of benzene rings is 2. The number of methoxy groups -OCH3 is 1. The molecule has 5 heteroatoms. The molecule has 0 atom stereocenters. The molecule has 0 bridgehead atoms. The molecule has 0 saturated heterocycles. The summed E-state index contributed by atoms with van der Waals surface area (Å²) in [6.45, 7) is 0. The molecular formula is C12H10N4O. The van der Waals surface area contributed by atoms with Crippen molar-refractivity contribution in [3.05, 3.63) is 36.4 Å². The molecule has 0 aliphatic carbocycles. The van der Waals surface area contributed by atoms with Crippen LogP contribution in [-0.2, 0) is 0 Å². The number of aromatic amines is 1. The second kappa shape index (κ2) is 3.86. The Morgan fingerprint density at radius 1 is 1.12 bits per heavy atom. The summed E-state index contributed by atoms with van der Waals surface area (Å²) in [4.78, 5) is 0. The topological polar surface area (TPSA) is 63.7 Å². The van der Waals surface area contributed by atoms with Crippen molar-refractivity contribution in [3.63, 3.8) is 0 Å². The second-order valence-corrected chi connectivity index (χ2v) is 3.60. The van der Waals surface area contributed by atoms with E-state index in [-0.39, 0.29) is 0 Å². The molecule has 0 aliphatic rings. The lowest BCUT2D eigenvalue weighted by Crippen LogP contribution is -1.91. The van der Waals surface area contributed by atoms with Crippen LogP contribution in [-0.4, -0.2) is 27.7 Å². The Bertz CT molecular complexity index is 649. The van der Waals surface area contributed by atoms with Gasteiger partial charge < -0.3 is 4.74 Å². The first-order valence-electron chi connectivity index (χ1n) is 5.19. The van der Waals surface area contributed by atoms with E-state index in [1.165, 1.54) is 0 Å². The SMILES string of the molecule is COc1ccc2ccccc2c1-c1nn[nH]n1. The molecule has 2 aromatic carbocycles. The van der Waals surface area contributed by atoms with Crippen LogP contribution in [0.15, 0.2) is 36.4 Å². The molecular weight excluding hydrogens is 216 g/mol. The van der Waals surface area contributed by atoms with Gasteiger partial charge in [0.1, 0.15) is 5.75 Å². The summed E-state index contributed by atoms with van der Waals surface area (Å²) in [6, 6.07) is 12.0. The van der Waals surface area contributed by atoms with Crippen LogP contribution in [0, 0.1) is 0 Å². The van der Waals surface area contributed by atoms with Crippen molar-refractivity contribution >= 4 is 10.8 Å². The highest BCUT2D eigenvalue weighted by Gasteiger charge is 2.13. The minimum atomic E-state index is 0.540. The Hall–Kier alpha value is -2.43. The van der Waals surface area contributed by atoms with E-state index < -0.39 is 0 Å². The second-order valence-electron chi connectivity index (χ2n) is 3.60. The zero-order valence-electron chi connectivity index (χ0n) is 9.21. The Kier molecular flexibility index (Phi) is 2.22. The highest BCUT2D eigenvalue weighted by Crippen LogP contribution is 2.34. The average Bonchev–Trinajstić information content (AvgIpc) is 2.91. The van der Waals surface area contributed by atoms with E-state index in [1.807, 2.05) is 36.4 Å². The summed E-state index contributed by atoms with van der Waals surface area (Å²) in [5.74, 6) is 1.28. The van der Waals surface area contributed by atoms with Gasteiger partial charge in [0.25, 0.3) is 0 Å². The van der Waals surface area contributed by atoms with Crippen molar-refractivity contribution in [1.29, 1.82) is 0 Å². The lowest BCUT2D eigenvalue weighted by atomic mass is 10.0. The average molecular weight is 226 g/mol. The Morgan fingerprint density at radius 2 is 2.00 bits per heavy atom. The van der Waals surface area contributed by atoms with E-state index in [2.05, 4.69) is 20.6 Å². The molecule has 84 valence electrons. The molecule has 0 unspecified atom stereocenters. The number of hydrogen-bond acceptors (Lipinski definition) is 4. The van der Waals surface area contributed by atoms with Gasteiger partial charge in [0, 0.05) is 0 Å². The molecule has 0 amide bonds. The Labute approximate surface area is 97.4 Å². The molecule has 0 spiro atoms. The number of tetrazole rings is 1. The van der Waals surface area contributed by atoms with Gasteiger partial charge in [-0.15, -0.1) is 10.2 Å². The van der Waals surface area contributed by atoms with E-state index in [0.29, 0.717) is 5.82 Å². The number of aromatic nitrogens is 4. The largest absolute Gasteiger partial charge is 0.496 e. The third-order valence-corrected chi connectivity index (χ3v) is 2.68. The summed E-state index contributed by atoms with van der Waals surface area (Å²) in [7, 11) is 1.63. The minimum absolute atomic E-state index is 0.540. The van der Waals surface area contributed by atoms with Gasteiger partial charge in [0.05, 0.1) is 12.7 Å². The van der Waals surface area contributed by atoms with Crippen molar-refractivity contribution < 1.29 is 4.74 Å². The number of fused-ring (bicyclic) bond motifs is 1. The number of ether oxygens (including phenoxy) is 1. The van der Waals surface area contributed by atoms with Crippen molar-refractivity contribution in [1.82, 2.24) is 20.6 Å². The summed E-state index contributed by atoms with van der Waals surface area (Å²) in [6.07, 6.45) is 0. The fraction of sp³-hybridized carbons (Fsp3) is 0.0833. The van der Waals surface area contributed by atoms with Gasteiger partial charge in [-0.2, -0.15) is 5.21 Å². The highest BCUT2D eigenvalue weighted by atomic mass is 16.5. The van der Waals surface area contributed by atoms with Crippen molar-refractivity contribution in [2.45, 2.75) is 0 Å². The summed E-state index contributed by atoms with van der Waals surface area (Å²) in [5, 5.41) is 16.3. The van der Waals surface area contributed by atoms with E-state index in [4.69, 9.17) is 4.74 Å². The number of H-pyrrole nitrogens is 1. The molecule has 0 radical (unpaired) electrons. The zero-order valence-corrected chi connectivity index (χ0v) is 9.21. The lowest BCUT2D eigenvalue weighted by molar-refractivity contribution is 0.416. The Morgan fingerprint density at radius 3 is 2.76 bits per heavy atom. The van der Waals surface area contributed by atoms with Crippen LogP contribution in [0.5, 0.6) is 5.75 Å². The van der Waals surface area contributed by atoms with E-state index in [1.54, 1.807) is 7.11 Å². The molecule has 0 aliphatic heterocycles. The number of hydrogen-bond donors (Lipinski definition) is 1. The van der Waals surface area contributed by atoms with Crippen LogP contribution >= 0.6 is 0 Å². The summed E-state index contributed by atoms with van der Waals surface area (Å²) >= 11 is 0. The van der Waals surface area contributed by atoms with Gasteiger partial charge >= 0.3 is 0 Å². The molecule has 0 fully saturated rings. The van der Waals surface area contributed by atoms with Gasteiger partial charge in [-0.25, -0.2) is 0 Å². The maximum absolute atomic E-state index is 5.36. The van der Waals surface area contributed by atoms with Gasteiger partial charge in [-0.05, 0) is 22.1 Å². The maximum atomic E-state index is 5.36. The van der Waals surface area contributed by atoms with Crippen LogP contribution in [0.1, 0.15) is 0 Å². The van der Waals surface area contributed by atoms with Gasteiger partial charge in [-0.3, -0.25) is 0 Å². The first-order valence-corrected chi connectivity index (χ1v) is 5.19. The molecule has 3 rings (SSSR count). The van der Waals surface area contributed by atoms with Crippen molar-refractivity contribution in [3.8, 4) is 17.1 Å². The lowest BCUT2D eigenvalue weighted by Gasteiger charge is -2.08. The summed E-state index contributed by atoms with van der Waals surface area (Å²) in [5.41, 5.74) is 0.861. The standard InChI is InChI=1S/C12H10N4O/c1-17-10-7-6-8-4-2-3-5-9(8)11(10)12-13-15-16-14-12/h2-7H,1H3,(H,13,14,15,16). The summed E-state index contributed by atoms with van der Waals surface area (Å²) < 4.78 is 5.36. The van der Waals surface area contributed by atoms with E-state index >= 15 is 0 Å².